The van der Waals surface area contributed by atoms with E-state index in [-0.39, 0.29) is 23.9 Å². The molecule has 0 unspecified atom stereocenters. The van der Waals surface area contributed by atoms with Crippen LogP contribution in [0.15, 0.2) is 72.9 Å². The molecule has 0 aliphatic heterocycles. The Morgan fingerprint density at radius 3 is 2.46 bits per heavy atom. The molecule has 0 saturated heterocycles. The second-order valence-electron chi connectivity index (χ2n) is 7.96. The van der Waals surface area contributed by atoms with E-state index in [2.05, 4.69) is 10.3 Å². The molecule has 35 heavy (non-hydrogen) atoms. The highest BCUT2D eigenvalue weighted by Crippen LogP contribution is 2.39. The molecule has 0 aliphatic rings. The number of nitrogens with zero attached hydrogens (tertiary/aromatic N) is 2. The molecule has 0 spiro atoms. The van der Waals surface area contributed by atoms with Gasteiger partial charge in [0.15, 0.2) is 23.1 Å². The molecule has 0 aliphatic carbocycles. The summed E-state index contributed by atoms with van der Waals surface area (Å²) in [6, 6.07) is 19.3. The number of para-hydroxylation sites is 1. The smallest absolute Gasteiger partial charge is 0.238 e. The Morgan fingerprint density at radius 1 is 0.971 bits per heavy atom. The minimum Gasteiger partial charge on any atom is -0.493 e. The van der Waals surface area contributed by atoms with E-state index in [0.717, 1.165) is 5.56 Å². The van der Waals surface area contributed by atoms with Crippen LogP contribution in [0.1, 0.15) is 5.56 Å². The first-order chi connectivity index (χ1) is 17.0. The summed E-state index contributed by atoms with van der Waals surface area (Å²) in [4.78, 5) is 18.9. The summed E-state index contributed by atoms with van der Waals surface area (Å²) in [6.45, 7) is 0.731. The number of hydrogen-bond acceptors (Lipinski definition) is 6. The largest absolute Gasteiger partial charge is 0.493 e. The van der Waals surface area contributed by atoms with Crippen molar-refractivity contribution in [2.45, 2.75) is 6.54 Å². The molecule has 0 bridgehead atoms. The number of fused-ring (bicyclic) bond motifs is 1. The van der Waals surface area contributed by atoms with E-state index in [0.29, 0.717) is 34.7 Å². The number of methoxy groups -OCH3 is 2. The third kappa shape index (κ3) is 5.67. The number of rotatable bonds is 9. The lowest BCUT2D eigenvalue weighted by Gasteiger charge is -2.18. The minimum atomic E-state index is -0.606. The van der Waals surface area contributed by atoms with Gasteiger partial charge >= 0.3 is 0 Å². The first-order valence-electron chi connectivity index (χ1n) is 11.0. The Morgan fingerprint density at radius 2 is 1.71 bits per heavy atom. The summed E-state index contributed by atoms with van der Waals surface area (Å²) in [5, 5.41) is 3.38. The summed E-state index contributed by atoms with van der Waals surface area (Å²) >= 11 is 0. The average Bonchev–Trinajstić information content (AvgIpc) is 2.85. The van der Waals surface area contributed by atoms with Crippen molar-refractivity contribution in [3.05, 3.63) is 84.3 Å². The first-order valence-corrected chi connectivity index (χ1v) is 11.0. The molecule has 0 radical (unpaired) electrons. The fraction of sp³-hybridized carbons (Fsp3) is 0.185. The minimum absolute atomic E-state index is 0.0890. The van der Waals surface area contributed by atoms with Crippen LogP contribution in [0.2, 0.25) is 0 Å². The molecule has 8 heteroatoms. The van der Waals surface area contributed by atoms with E-state index in [1.165, 1.54) is 26.4 Å². The molecule has 4 rings (SSSR count). The number of halogens is 1. The number of nitrogens with one attached hydrogen (secondary N) is 1. The Bertz CT molecular complexity index is 1330. The lowest BCUT2D eigenvalue weighted by molar-refractivity contribution is -0.117. The highest BCUT2D eigenvalue weighted by Gasteiger charge is 2.17. The van der Waals surface area contributed by atoms with Crippen LogP contribution in [-0.4, -0.2) is 43.6 Å². The van der Waals surface area contributed by atoms with Crippen LogP contribution < -0.4 is 19.5 Å². The van der Waals surface area contributed by atoms with Crippen LogP contribution in [-0.2, 0) is 11.3 Å². The maximum absolute atomic E-state index is 14.9. The third-order valence-corrected chi connectivity index (χ3v) is 5.37. The van der Waals surface area contributed by atoms with Gasteiger partial charge in [-0.15, -0.1) is 0 Å². The SMILES string of the molecule is COc1cc2nccc(Oc3c(F)cccc3NC(=O)CN(C)Cc3ccccc3)c2cc1OC. The lowest BCUT2D eigenvalue weighted by atomic mass is 10.1. The van der Waals surface area contributed by atoms with Gasteiger partial charge in [0.2, 0.25) is 5.91 Å². The van der Waals surface area contributed by atoms with Crippen molar-refractivity contribution in [1.82, 2.24) is 9.88 Å². The quantitative estimate of drug-likeness (QED) is 0.356. The maximum atomic E-state index is 14.9. The van der Waals surface area contributed by atoms with Gasteiger partial charge in [-0.2, -0.15) is 0 Å². The molecule has 4 aromatic rings. The molecule has 0 atom stereocenters. The van der Waals surface area contributed by atoms with E-state index in [4.69, 9.17) is 14.2 Å². The molecule has 7 nitrogen and oxygen atoms in total. The summed E-state index contributed by atoms with van der Waals surface area (Å²) in [5.41, 5.74) is 1.91. The van der Waals surface area contributed by atoms with Crippen molar-refractivity contribution < 1.29 is 23.4 Å². The predicted molar refractivity (Wildman–Crippen MR) is 133 cm³/mol. The summed E-state index contributed by atoms with van der Waals surface area (Å²) in [6.07, 6.45) is 1.56. The van der Waals surface area contributed by atoms with Gasteiger partial charge in [0.05, 0.1) is 32.0 Å². The number of pyridine rings is 1. The Kier molecular flexibility index (Phi) is 7.42. The Hall–Kier alpha value is -4.17. The van der Waals surface area contributed by atoms with E-state index in [1.807, 2.05) is 42.3 Å². The molecular formula is C27H26FN3O4. The zero-order valence-corrected chi connectivity index (χ0v) is 19.7. The zero-order chi connectivity index (χ0) is 24.8. The van der Waals surface area contributed by atoms with E-state index in [9.17, 15) is 9.18 Å². The predicted octanol–water partition coefficient (Wildman–Crippen LogP) is 5.25. The van der Waals surface area contributed by atoms with Crippen molar-refractivity contribution in [3.63, 3.8) is 0 Å². The number of benzene rings is 3. The van der Waals surface area contributed by atoms with Crippen molar-refractivity contribution in [1.29, 1.82) is 0 Å². The molecule has 3 aromatic carbocycles. The monoisotopic (exact) mass is 475 g/mol. The number of amides is 1. The summed E-state index contributed by atoms with van der Waals surface area (Å²) < 4.78 is 31.6. The van der Waals surface area contributed by atoms with Crippen molar-refractivity contribution in [3.8, 4) is 23.0 Å². The topological polar surface area (TPSA) is 72.9 Å². The van der Waals surface area contributed by atoms with Gasteiger partial charge in [-0.05, 0) is 36.9 Å². The van der Waals surface area contributed by atoms with Crippen LogP contribution in [0.25, 0.3) is 10.9 Å². The van der Waals surface area contributed by atoms with E-state index in [1.54, 1.807) is 30.5 Å². The second-order valence-corrected chi connectivity index (χ2v) is 7.96. The fourth-order valence-corrected chi connectivity index (χ4v) is 3.74. The van der Waals surface area contributed by atoms with E-state index < -0.39 is 5.82 Å². The number of carbonyl (C=O) groups is 1. The molecular weight excluding hydrogens is 449 g/mol. The van der Waals surface area contributed by atoms with E-state index >= 15 is 0 Å². The van der Waals surface area contributed by atoms with Gasteiger partial charge in [-0.3, -0.25) is 14.7 Å². The maximum Gasteiger partial charge on any atom is 0.238 e. The zero-order valence-electron chi connectivity index (χ0n) is 19.7. The fourth-order valence-electron chi connectivity index (χ4n) is 3.74. The van der Waals surface area contributed by atoms with Gasteiger partial charge < -0.3 is 19.5 Å². The standard InChI is InChI=1S/C27H26FN3O4/c1-31(16-18-8-5-4-6-9-18)17-26(32)30-21-11-7-10-20(28)27(21)35-23-12-13-29-22-15-25(34-3)24(33-2)14-19(22)23/h4-15H,16-17H2,1-3H3,(H,30,32). The van der Waals surface area contributed by atoms with Crippen molar-refractivity contribution in [2.24, 2.45) is 0 Å². The summed E-state index contributed by atoms with van der Waals surface area (Å²) in [5.74, 6) is 0.381. The normalized spacial score (nSPS) is 10.9. The molecule has 0 saturated carbocycles. The molecule has 1 aromatic heterocycles. The Balaban J connectivity index is 1.56. The highest BCUT2D eigenvalue weighted by molar-refractivity contribution is 5.94. The number of hydrogen-bond donors (Lipinski definition) is 1. The number of carbonyl (C=O) groups excluding carboxylic acids is 1. The molecule has 0 fully saturated rings. The number of likely N-dealkylation sites (N-methyl/N-ethyl adjacent to an activating group) is 1. The molecule has 1 amide bonds. The number of anilines is 1. The third-order valence-electron chi connectivity index (χ3n) is 5.37. The lowest BCUT2D eigenvalue weighted by Crippen LogP contribution is -2.30. The van der Waals surface area contributed by atoms with Crippen LogP contribution in [0.4, 0.5) is 10.1 Å². The second kappa shape index (κ2) is 10.8. The van der Waals surface area contributed by atoms with Crippen LogP contribution in [0.5, 0.6) is 23.0 Å². The molecule has 1 N–H and O–H groups in total. The Labute approximate surface area is 203 Å². The van der Waals surface area contributed by atoms with Crippen LogP contribution in [0, 0.1) is 5.82 Å². The van der Waals surface area contributed by atoms with Gasteiger partial charge in [0.1, 0.15) is 5.75 Å². The van der Waals surface area contributed by atoms with Crippen molar-refractivity contribution in [2.75, 3.05) is 33.1 Å². The highest BCUT2D eigenvalue weighted by atomic mass is 19.1. The van der Waals surface area contributed by atoms with Gasteiger partial charge in [-0.25, -0.2) is 4.39 Å². The van der Waals surface area contributed by atoms with Gasteiger partial charge in [0, 0.05) is 24.2 Å². The van der Waals surface area contributed by atoms with Gasteiger partial charge in [-0.1, -0.05) is 36.4 Å². The van der Waals surface area contributed by atoms with Crippen molar-refractivity contribution >= 4 is 22.5 Å². The van der Waals surface area contributed by atoms with Crippen LogP contribution >= 0.6 is 0 Å². The first kappa shape index (κ1) is 24.0. The average molecular weight is 476 g/mol. The molecule has 180 valence electrons. The summed E-state index contributed by atoms with van der Waals surface area (Å²) in [7, 11) is 4.91. The molecule has 1 heterocycles. The number of aromatic nitrogens is 1. The number of ether oxygens (including phenoxy) is 3. The van der Waals surface area contributed by atoms with Crippen LogP contribution in [0.3, 0.4) is 0 Å². The van der Waals surface area contributed by atoms with Gasteiger partial charge in [0.25, 0.3) is 0 Å².